The lowest BCUT2D eigenvalue weighted by molar-refractivity contribution is -0.647. The van der Waals surface area contributed by atoms with Gasteiger partial charge in [0.2, 0.25) is 11.2 Å². The van der Waals surface area contributed by atoms with Crippen molar-refractivity contribution < 1.29 is 28.5 Å². The molecule has 0 N–H and O–H groups in total. The molecule has 1 nitrogen and oxygen atoms in total. The number of benzene rings is 1. The predicted octanol–water partition coefficient (Wildman–Crippen LogP) is 0.791. The van der Waals surface area contributed by atoms with Gasteiger partial charge in [0.15, 0.2) is 0 Å². The molecule has 0 radical (unpaired) electrons. The van der Waals surface area contributed by atoms with Gasteiger partial charge in [-0.3, -0.25) is 0 Å². The minimum Gasteiger partial charge on any atom is -1.00 e. The summed E-state index contributed by atoms with van der Waals surface area (Å²) in [5.74, 6) is 0. The van der Waals surface area contributed by atoms with Crippen molar-refractivity contribution in [1.29, 1.82) is 0 Å². The number of hydrogen-bond donors (Lipinski definition) is 0. The quantitative estimate of drug-likeness (QED) is 0.458. The largest absolute Gasteiger partial charge is 1.00 e. The van der Waals surface area contributed by atoms with Gasteiger partial charge in [0.05, 0.1) is 5.57 Å². The fourth-order valence-corrected chi connectivity index (χ4v) is 2.93. The first kappa shape index (κ1) is 14.2. The molecule has 3 heteroatoms. The van der Waals surface area contributed by atoms with Crippen molar-refractivity contribution in [1.82, 2.24) is 0 Å². The van der Waals surface area contributed by atoms with Crippen molar-refractivity contribution in [2.75, 3.05) is 0 Å². The highest BCUT2D eigenvalue weighted by atomic mass is 127. The van der Waals surface area contributed by atoms with E-state index in [1.807, 2.05) is 0 Å². The summed E-state index contributed by atoms with van der Waals surface area (Å²) in [4.78, 5) is 1.22. The third-order valence-corrected chi connectivity index (χ3v) is 4.14. The molecule has 0 amide bonds. The Bertz CT molecular complexity index is 717. The predicted molar refractivity (Wildman–Crippen MR) is 77.6 cm³/mol. The summed E-state index contributed by atoms with van der Waals surface area (Å²) in [5.41, 5.74) is 3.47. The molecule has 0 atom stereocenters. The molecule has 2 aromatic heterocycles. The standard InChI is InChI=1S/C16H14NS.HI/c1-12(16-8-5-11-18-16)14-10-9-13-6-3-4-7-15(13)17(14)2;/h3-11H,1H2,2H3;1H/q+1;/p-1. The van der Waals surface area contributed by atoms with Gasteiger partial charge in [0.25, 0.3) is 0 Å². The highest BCUT2D eigenvalue weighted by Gasteiger charge is 2.15. The number of rotatable bonds is 2. The second-order valence-electron chi connectivity index (χ2n) is 4.29. The monoisotopic (exact) mass is 379 g/mol. The Hall–Kier alpha value is -1.20. The summed E-state index contributed by atoms with van der Waals surface area (Å²) in [6.45, 7) is 4.22. The number of pyridine rings is 1. The molecule has 0 saturated carbocycles. The van der Waals surface area contributed by atoms with Gasteiger partial charge in [-0.25, -0.2) is 0 Å². The van der Waals surface area contributed by atoms with E-state index in [2.05, 4.69) is 72.1 Å². The Morgan fingerprint density at radius 3 is 2.58 bits per heavy atom. The summed E-state index contributed by atoms with van der Waals surface area (Å²) in [5, 5.41) is 3.34. The number of para-hydroxylation sites is 1. The molecular formula is C16H14INS. The van der Waals surface area contributed by atoms with Crippen molar-refractivity contribution >= 4 is 27.8 Å². The minimum absolute atomic E-state index is 0. The van der Waals surface area contributed by atoms with Gasteiger partial charge in [-0.15, -0.1) is 11.3 Å². The van der Waals surface area contributed by atoms with Crippen LogP contribution in [0.3, 0.4) is 0 Å². The topological polar surface area (TPSA) is 3.88 Å². The number of fused-ring (bicyclic) bond motifs is 1. The van der Waals surface area contributed by atoms with E-state index in [4.69, 9.17) is 0 Å². The molecule has 1 aromatic carbocycles. The number of thiophene rings is 1. The first-order valence-corrected chi connectivity index (χ1v) is 6.76. The van der Waals surface area contributed by atoms with Gasteiger partial charge >= 0.3 is 0 Å². The average Bonchev–Trinajstić information content (AvgIpc) is 2.93. The number of hydrogen-bond acceptors (Lipinski definition) is 1. The fourth-order valence-electron chi connectivity index (χ4n) is 2.22. The Morgan fingerprint density at radius 2 is 1.84 bits per heavy atom. The summed E-state index contributed by atoms with van der Waals surface area (Å²) in [7, 11) is 2.09. The Morgan fingerprint density at radius 1 is 1.05 bits per heavy atom. The number of halogens is 1. The first-order chi connectivity index (χ1) is 8.77. The van der Waals surface area contributed by atoms with E-state index in [9.17, 15) is 0 Å². The number of aromatic nitrogens is 1. The molecule has 96 valence electrons. The van der Waals surface area contributed by atoms with Crippen LogP contribution in [0.5, 0.6) is 0 Å². The third-order valence-electron chi connectivity index (χ3n) is 3.21. The van der Waals surface area contributed by atoms with Gasteiger partial charge in [0.1, 0.15) is 7.05 Å². The molecule has 3 rings (SSSR count). The van der Waals surface area contributed by atoms with E-state index >= 15 is 0 Å². The molecule has 2 heterocycles. The zero-order valence-corrected chi connectivity index (χ0v) is 13.6. The average molecular weight is 379 g/mol. The van der Waals surface area contributed by atoms with Gasteiger partial charge in [-0.05, 0) is 23.6 Å². The zero-order chi connectivity index (χ0) is 12.5. The van der Waals surface area contributed by atoms with Crippen LogP contribution in [0, 0.1) is 0 Å². The highest BCUT2D eigenvalue weighted by Crippen LogP contribution is 2.24. The Labute approximate surface area is 134 Å². The van der Waals surface area contributed by atoms with Crippen molar-refractivity contribution in [3.8, 4) is 0 Å². The molecule has 0 fully saturated rings. The van der Waals surface area contributed by atoms with Crippen molar-refractivity contribution in [3.63, 3.8) is 0 Å². The smallest absolute Gasteiger partial charge is 0.213 e. The lowest BCUT2D eigenvalue weighted by Gasteiger charge is -2.04. The lowest BCUT2D eigenvalue weighted by atomic mass is 10.1. The van der Waals surface area contributed by atoms with Crippen LogP contribution in [0.1, 0.15) is 10.6 Å². The van der Waals surface area contributed by atoms with E-state index in [0.29, 0.717) is 0 Å². The maximum atomic E-state index is 4.22. The maximum absolute atomic E-state index is 4.22. The van der Waals surface area contributed by atoms with Crippen LogP contribution in [0.25, 0.3) is 16.5 Å². The van der Waals surface area contributed by atoms with Crippen LogP contribution in [0.4, 0.5) is 0 Å². The van der Waals surface area contributed by atoms with Gasteiger partial charge < -0.3 is 24.0 Å². The van der Waals surface area contributed by atoms with E-state index in [1.54, 1.807) is 11.3 Å². The number of aryl methyl sites for hydroxylation is 1. The molecule has 0 aliphatic carbocycles. The summed E-state index contributed by atoms with van der Waals surface area (Å²) in [6.07, 6.45) is 0. The van der Waals surface area contributed by atoms with Crippen LogP contribution in [0.2, 0.25) is 0 Å². The Balaban J connectivity index is 0.00000133. The molecular weight excluding hydrogens is 365 g/mol. The lowest BCUT2D eigenvalue weighted by Crippen LogP contribution is -3.00. The molecule has 0 unspecified atom stereocenters. The molecule has 0 spiro atoms. The van der Waals surface area contributed by atoms with Crippen LogP contribution in [-0.2, 0) is 7.05 Å². The van der Waals surface area contributed by atoms with E-state index in [0.717, 1.165) is 11.3 Å². The summed E-state index contributed by atoms with van der Waals surface area (Å²) >= 11 is 1.73. The molecule has 0 aliphatic heterocycles. The van der Waals surface area contributed by atoms with Crippen molar-refractivity contribution in [3.05, 3.63) is 71.1 Å². The third kappa shape index (κ3) is 2.58. The number of nitrogens with zero attached hydrogens (tertiary/aromatic N) is 1. The van der Waals surface area contributed by atoms with Crippen LogP contribution in [-0.4, -0.2) is 0 Å². The van der Waals surface area contributed by atoms with Crippen molar-refractivity contribution in [2.45, 2.75) is 0 Å². The molecule has 0 bridgehead atoms. The van der Waals surface area contributed by atoms with Gasteiger partial charge in [-0.1, -0.05) is 24.8 Å². The molecule has 0 aliphatic rings. The van der Waals surface area contributed by atoms with Gasteiger partial charge in [-0.2, -0.15) is 4.57 Å². The second kappa shape index (κ2) is 5.84. The van der Waals surface area contributed by atoms with Crippen LogP contribution < -0.4 is 28.5 Å². The van der Waals surface area contributed by atoms with Crippen LogP contribution in [0.15, 0.2) is 60.5 Å². The Kier molecular flexibility index (Phi) is 4.37. The molecule has 0 saturated heterocycles. The zero-order valence-electron chi connectivity index (χ0n) is 10.6. The molecule has 19 heavy (non-hydrogen) atoms. The SMILES string of the molecule is C=C(c1cccs1)c1ccc2ccccc2[n+]1C.[I-]. The fraction of sp³-hybridized carbons (Fsp3) is 0.0625. The first-order valence-electron chi connectivity index (χ1n) is 5.88. The molecule has 3 aromatic rings. The van der Waals surface area contributed by atoms with E-state index < -0.39 is 0 Å². The minimum atomic E-state index is 0. The van der Waals surface area contributed by atoms with Crippen LogP contribution >= 0.6 is 11.3 Å². The normalized spacial score (nSPS) is 10.2. The second-order valence-corrected chi connectivity index (χ2v) is 5.24. The van der Waals surface area contributed by atoms with E-state index in [-0.39, 0.29) is 24.0 Å². The maximum Gasteiger partial charge on any atom is 0.213 e. The van der Waals surface area contributed by atoms with Gasteiger partial charge in [0, 0.05) is 22.4 Å². The summed E-state index contributed by atoms with van der Waals surface area (Å²) in [6, 6.07) is 16.9. The highest BCUT2D eigenvalue weighted by molar-refractivity contribution is 7.11. The van der Waals surface area contributed by atoms with Crippen molar-refractivity contribution in [2.24, 2.45) is 7.05 Å². The summed E-state index contributed by atoms with van der Waals surface area (Å²) < 4.78 is 2.21. The van der Waals surface area contributed by atoms with E-state index in [1.165, 1.54) is 15.8 Å².